The molecule has 0 N–H and O–H groups in total. The maximum atomic E-state index is 2.12. The van der Waals surface area contributed by atoms with Crippen LogP contribution in [0, 0.1) is 0 Å². The Morgan fingerprint density at radius 3 is 1.00 bits per heavy atom. The van der Waals surface area contributed by atoms with Gasteiger partial charge in [0, 0.05) is 0 Å². The van der Waals surface area contributed by atoms with E-state index >= 15 is 0 Å². The molecule has 0 aromatic carbocycles. The maximum absolute atomic E-state index is 2.12. The van der Waals surface area contributed by atoms with Gasteiger partial charge in [0.25, 0.3) is 0 Å². The SMILES string of the molecule is C1=CCC=C1.C1=CCC=C1.[Ca+2].[H-].[H-]. The number of rotatable bonds is 0. The normalized spacial score (nSPS) is 16.0. The van der Waals surface area contributed by atoms with Gasteiger partial charge in [-0.1, -0.05) is 48.6 Å². The molecule has 0 aromatic rings. The van der Waals surface area contributed by atoms with Crippen LogP contribution in [0.1, 0.15) is 15.7 Å². The first-order valence-electron chi connectivity index (χ1n) is 3.63. The average Bonchev–Trinajstić information content (AvgIpc) is 2.67. The molecular weight excluding hydrogens is 160 g/mol. The van der Waals surface area contributed by atoms with E-state index in [0.717, 1.165) is 12.8 Å². The van der Waals surface area contributed by atoms with Crippen molar-refractivity contribution in [2.24, 2.45) is 0 Å². The van der Waals surface area contributed by atoms with Crippen LogP contribution in [0.4, 0.5) is 0 Å². The smallest absolute Gasteiger partial charge is 1.00 e. The van der Waals surface area contributed by atoms with Crippen molar-refractivity contribution < 1.29 is 2.85 Å². The molecule has 11 heavy (non-hydrogen) atoms. The number of hydrogen-bond donors (Lipinski definition) is 0. The third-order valence-corrected chi connectivity index (χ3v) is 1.31. The Kier molecular flexibility index (Phi) is 8.48. The molecule has 0 unspecified atom stereocenters. The second-order valence-electron chi connectivity index (χ2n) is 2.18. The molecule has 1 heteroatoms. The molecule has 2 aliphatic rings. The van der Waals surface area contributed by atoms with Gasteiger partial charge in [0.15, 0.2) is 0 Å². The summed E-state index contributed by atoms with van der Waals surface area (Å²) < 4.78 is 0. The van der Waals surface area contributed by atoms with Crippen molar-refractivity contribution in [3.05, 3.63) is 48.6 Å². The molecule has 0 nitrogen and oxygen atoms in total. The summed E-state index contributed by atoms with van der Waals surface area (Å²) in [6.07, 6.45) is 19.0. The van der Waals surface area contributed by atoms with Crippen molar-refractivity contribution in [2.75, 3.05) is 0 Å². The first kappa shape index (κ1) is 11.2. The summed E-state index contributed by atoms with van der Waals surface area (Å²) in [4.78, 5) is 0. The standard InChI is InChI=1S/2C5H6.Ca.2H/c2*1-2-4-5-3-1;;;/h2*1-4H,5H2;;;/q;;+2;2*-1. The van der Waals surface area contributed by atoms with E-state index < -0.39 is 0 Å². The van der Waals surface area contributed by atoms with Crippen molar-refractivity contribution >= 4 is 37.7 Å². The second kappa shape index (κ2) is 8.32. The Hall–Kier alpha value is 0.220. The Morgan fingerprint density at radius 2 is 0.909 bits per heavy atom. The van der Waals surface area contributed by atoms with Crippen LogP contribution in [0.2, 0.25) is 0 Å². The summed E-state index contributed by atoms with van der Waals surface area (Å²) in [5.41, 5.74) is 0. The molecule has 0 amide bonds. The molecule has 0 spiro atoms. The van der Waals surface area contributed by atoms with Gasteiger partial charge in [0.05, 0.1) is 0 Å². The van der Waals surface area contributed by atoms with Gasteiger partial charge >= 0.3 is 37.7 Å². The molecule has 0 saturated carbocycles. The molecule has 2 aliphatic carbocycles. The topological polar surface area (TPSA) is 0 Å². The van der Waals surface area contributed by atoms with Crippen molar-refractivity contribution in [1.29, 1.82) is 0 Å². The van der Waals surface area contributed by atoms with E-state index in [0.29, 0.717) is 0 Å². The Bertz CT molecular complexity index is 151. The van der Waals surface area contributed by atoms with Crippen LogP contribution in [0.15, 0.2) is 48.6 Å². The van der Waals surface area contributed by atoms with E-state index in [1.165, 1.54) is 0 Å². The van der Waals surface area contributed by atoms with Gasteiger partial charge in [-0.05, 0) is 12.8 Å². The molecule has 0 radical (unpaired) electrons. The van der Waals surface area contributed by atoms with E-state index in [1.54, 1.807) is 0 Å². The van der Waals surface area contributed by atoms with Crippen molar-refractivity contribution in [2.45, 2.75) is 12.8 Å². The van der Waals surface area contributed by atoms with Gasteiger partial charge in [-0.3, -0.25) is 0 Å². The van der Waals surface area contributed by atoms with E-state index in [1.807, 2.05) is 0 Å². The fraction of sp³-hybridized carbons (Fsp3) is 0.200. The first-order chi connectivity index (χ1) is 5.00. The Morgan fingerprint density at radius 1 is 0.636 bits per heavy atom. The molecule has 0 saturated heterocycles. The van der Waals surface area contributed by atoms with Gasteiger partial charge in [0.2, 0.25) is 0 Å². The van der Waals surface area contributed by atoms with Gasteiger partial charge in [-0.25, -0.2) is 0 Å². The zero-order chi connectivity index (χ0) is 7.07. The molecule has 0 aromatic heterocycles. The van der Waals surface area contributed by atoms with Crippen LogP contribution in [0.25, 0.3) is 0 Å². The van der Waals surface area contributed by atoms with Crippen molar-refractivity contribution in [1.82, 2.24) is 0 Å². The number of hydrogen-bond acceptors (Lipinski definition) is 0. The van der Waals surface area contributed by atoms with E-state index in [9.17, 15) is 0 Å². The molecular formula is C10H14Ca. The van der Waals surface area contributed by atoms with Gasteiger partial charge in [-0.2, -0.15) is 0 Å². The largest absolute Gasteiger partial charge is 2.00 e. The quantitative estimate of drug-likeness (QED) is 0.495. The summed E-state index contributed by atoms with van der Waals surface area (Å²) in [5.74, 6) is 0. The van der Waals surface area contributed by atoms with Crippen LogP contribution >= 0.6 is 0 Å². The van der Waals surface area contributed by atoms with Gasteiger partial charge in [-0.15, -0.1) is 0 Å². The van der Waals surface area contributed by atoms with Crippen LogP contribution in [-0.4, -0.2) is 37.7 Å². The monoisotopic (exact) mass is 174 g/mol. The fourth-order valence-electron chi connectivity index (χ4n) is 0.786. The van der Waals surface area contributed by atoms with Gasteiger partial charge < -0.3 is 2.85 Å². The minimum atomic E-state index is 0. The van der Waals surface area contributed by atoms with Crippen LogP contribution in [0.3, 0.4) is 0 Å². The Balaban J connectivity index is -0.000000125. The van der Waals surface area contributed by atoms with Gasteiger partial charge in [0.1, 0.15) is 0 Å². The summed E-state index contributed by atoms with van der Waals surface area (Å²) >= 11 is 0. The zero-order valence-corrected chi connectivity index (χ0v) is 8.95. The maximum Gasteiger partial charge on any atom is 2.00 e. The third-order valence-electron chi connectivity index (χ3n) is 1.31. The second-order valence-corrected chi connectivity index (χ2v) is 2.18. The molecule has 0 heterocycles. The fourth-order valence-corrected chi connectivity index (χ4v) is 0.786. The van der Waals surface area contributed by atoms with Crippen molar-refractivity contribution in [3.8, 4) is 0 Å². The summed E-state index contributed by atoms with van der Waals surface area (Å²) in [5, 5.41) is 0. The molecule has 56 valence electrons. The van der Waals surface area contributed by atoms with E-state index in [-0.39, 0.29) is 40.6 Å². The zero-order valence-electron chi connectivity index (χ0n) is 8.74. The summed E-state index contributed by atoms with van der Waals surface area (Å²) in [7, 11) is 0. The van der Waals surface area contributed by atoms with E-state index in [4.69, 9.17) is 0 Å². The minimum absolute atomic E-state index is 0. The predicted octanol–water partition coefficient (Wildman–Crippen LogP) is 2.85. The summed E-state index contributed by atoms with van der Waals surface area (Å²) in [6.45, 7) is 0. The van der Waals surface area contributed by atoms with E-state index in [2.05, 4.69) is 48.6 Å². The van der Waals surface area contributed by atoms with Crippen LogP contribution in [0.5, 0.6) is 0 Å². The first-order valence-corrected chi connectivity index (χ1v) is 3.63. The minimum Gasteiger partial charge on any atom is -1.00 e. The molecule has 2 rings (SSSR count). The molecule has 0 bridgehead atoms. The van der Waals surface area contributed by atoms with Crippen molar-refractivity contribution in [3.63, 3.8) is 0 Å². The molecule has 0 aliphatic heterocycles. The predicted molar refractivity (Wildman–Crippen MR) is 53.8 cm³/mol. The third kappa shape index (κ3) is 6.61. The average molecular weight is 174 g/mol. The molecule has 0 atom stereocenters. The number of allylic oxidation sites excluding steroid dienone is 8. The molecule has 0 fully saturated rings. The van der Waals surface area contributed by atoms with Crippen LogP contribution in [-0.2, 0) is 0 Å². The van der Waals surface area contributed by atoms with Crippen LogP contribution < -0.4 is 0 Å². The summed E-state index contributed by atoms with van der Waals surface area (Å²) in [6, 6.07) is 0. The Labute approximate surface area is 101 Å².